The van der Waals surface area contributed by atoms with Gasteiger partial charge in [-0.3, -0.25) is 4.79 Å². The summed E-state index contributed by atoms with van der Waals surface area (Å²) in [6.07, 6.45) is 1.44. The van der Waals surface area contributed by atoms with Gasteiger partial charge in [-0.05, 0) is 55.5 Å². The van der Waals surface area contributed by atoms with Crippen molar-refractivity contribution in [2.75, 3.05) is 12.4 Å². The molecule has 4 aromatic rings. The van der Waals surface area contributed by atoms with Crippen LogP contribution in [-0.4, -0.2) is 23.0 Å². The van der Waals surface area contributed by atoms with E-state index in [9.17, 15) is 4.79 Å². The van der Waals surface area contributed by atoms with E-state index in [0.717, 1.165) is 22.6 Å². The first-order chi connectivity index (χ1) is 15.1. The maximum atomic E-state index is 12.7. The fourth-order valence-corrected chi connectivity index (χ4v) is 2.98. The molecule has 0 bridgehead atoms. The van der Waals surface area contributed by atoms with Gasteiger partial charge in [0.1, 0.15) is 17.8 Å². The van der Waals surface area contributed by atoms with Crippen LogP contribution in [0.25, 0.3) is 11.3 Å². The number of hydrogen-bond donors (Lipinski definition) is 1. The highest BCUT2D eigenvalue weighted by molar-refractivity contribution is 6.04. The van der Waals surface area contributed by atoms with E-state index in [1.165, 1.54) is 6.33 Å². The van der Waals surface area contributed by atoms with Crippen LogP contribution in [0.2, 0.25) is 0 Å². The second kappa shape index (κ2) is 9.09. The number of ether oxygens (including phenoxy) is 2. The second-order valence-electron chi connectivity index (χ2n) is 6.92. The summed E-state index contributed by atoms with van der Waals surface area (Å²) in [5, 5.41) is 2.91. The highest BCUT2D eigenvalue weighted by Crippen LogP contribution is 2.26. The van der Waals surface area contributed by atoms with Gasteiger partial charge in [0, 0.05) is 22.9 Å². The molecule has 0 fully saturated rings. The fraction of sp³-hybridized carbons (Fsp3) is 0.0800. The van der Waals surface area contributed by atoms with Crippen LogP contribution in [0.1, 0.15) is 15.9 Å². The van der Waals surface area contributed by atoms with Crippen LogP contribution in [0.15, 0.2) is 85.2 Å². The first kappa shape index (κ1) is 20.1. The molecule has 6 heteroatoms. The Balaban J connectivity index is 1.52. The van der Waals surface area contributed by atoms with Gasteiger partial charge < -0.3 is 14.8 Å². The van der Waals surface area contributed by atoms with E-state index in [4.69, 9.17) is 9.47 Å². The van der Waals surface area contributed by atoms with Gasteiger partial charge in [0.15, 0.2) is 0 Å². The maximum Gasteiger partial charge on any atom is 0.255 e. The SMILES string of the molecule is COc1ccc(Oc2cc(-c3cccc(C(=O)Nc4ccc(C)cc4)c3)ncn2)cc1. The van der Waals surface area contributed by atoms with Crippen LogP contribution in [0, 0.1) is 6.92 Å². The van der Waals surface area contributed by atoms with Crippen LogP contribution in [0.5, 0.6) is 17.4 Å². The van der Waals surface area contributed by atoms with Gasteiger partial charge in [-0.1, -0.05) is 29.8 Å². The summed E-state index contributed by atoms with van der Waals surface area (Å²) >= 11 is 0. The van der Waals surface area contributed by atoms with Gasteiger partial charge in [0.25, 0.3) is 5.91 Å². The summed E-state index contributed by atoms with van der Waals surface area (Å²) in [7, 11) is 1.61. The quantitative estimate of drug-likeness (QED) is 0.453. The number of anilines is 1. The molecule has 0 spiro atoms. The molecule has 1 heterocycles. The number of nitrogens with one attached hydrogen (secondary N) is 1. The van der Waals surface area contributed by atoms with Gasteiger partial charge in [-0.15, -0.1) is 0 Å². The lowest BCUT2D eigenvalue weighted by atomic mass is 10.1. The van der Waals surface area contributed by atoms with Crippen molar-refractivity contribution < 1.29 is 14.3 Å². The molecule has 0 atom stereocenters. The highest BCUT2D eigenvalue weighted by Gasteiger charge is 2.10. The highest BCUT2D eigenvalue weighted by atomic mass is 16.5. The summed E-state index contributed by atoms with van der Waals surface area (Å²) in [4.78, 5) is 21.2. The fourth-order valence-electron chi connectivity index (χ4n) is 2.98. The lowest BCUT2D eigenvalue weighted by Gasteiger charge is -2.09. The lowest BCUT2D eigenvalue weighted by molar-refractivity contribution is 0.102. The standard InChI is InChI=1S/C25H21N3O3/c1-17-6-8-20(9-7-17)28-25(29)19-5-3-4-18(14-19)23-15-24(27-16-26-23)31-22-12-10-21(30-2)11-13-22/h3-16H,1-2H3,(H,28,29). The number of aryl methyl sites for hydroxylation is 1. The molecule has 154 valence electrons. The van der Waals surface area contributed by atoms with E-state index >= 15 is 0 Å². The molecule has 0 saturated heterocycles. The molecule has 1 amide bonds. The summed E-state index contributed by atoms with van der Waals surface area (Å²) in [6, 6.07) is 23.9. The molecule has 6 nitrogen and oxygen atoms in total. The number of carbonyl (C=O) groups excluding carboxylic acids is 1. The van der Waals surface area contributed by atoms with Crippen LogP contribution < -0.4 is 14.8 Å². The average molecular weight is 411 g/mol. The molecule has 0 aliphatic carbocycles. The second-order valence-corrected chi connectivity index (χ2v) is 6.92. The Morgan fingerprint density at radius 1 is 0.871 bits per heavy atom. The monoisotopic (exact) mass is 411 g/mol. The molecule has 4 rings (SSSR count). The van der Waals surface area contributed by atoms with Crippen LogP contribution in [0.3, 0.4) is 0 Å². The van der Waals surface area contributed by atoms with Gasteiger partial charge in [0.05, 0.1) is 12.8 Å². The number of rotatable bonds is 6. The van der Waals surface area contributed by atoms with E-state index in [-0.39, 0.29) is 5.91 Å². The molecule has 31 heavy (non-hydrogen) atoms. The molecule has 0 unspecified atom stereocenters. The van der Waals surface area contributed by atoms with E-state index in [2.05, 4.69) is 15.3 Å². The van der Waals surface area contributed by atoms with Crippen LogP contribution in [0.4, 0.5) is 5.69 Å². The number of benzene rings is 3. The molecular weight excluding hydrogens is 390 g/mol. The van der Waals surface area contributed by atoms with E-state index in [1.807, 2.05) is 55.5 Å². The van der Waals surface area contributed by atoms with Crippen LogP contribution in [-0.2, 0) is 0 Å². The Morgan fingerprint density at radius 3 is 2.35 bits per heavy atom. The van der Waals surface area contributed by atoms with Crippen molar-refractivity contribution in [3.05, 3.63) is 96.3 Å². The first-order valence-corrected chi connectivity index (χ1v) is 9.73. The molecule has 0 aliphatic rings. The largest absolute Gasteiger partial charge is 0.497 e. The number of aromatic nitrogens is 2. The van der Waals surface area contributed by atoms with Crippen molar-refractivity contribution in [1.29, 1.82) is 0 Å². The summed E-state index contributed by atoms with van der Waals surface area (Å²) in [6.45, 7) is 2.00. The molecule has 0 aliphatic heterocycles. The number of methoxy groups -OCH3 is 1. The van der Waals surface area contributed by atoms with Gasteiger partial charge in [0.2, 0.25) is 5.88 Å². The zero-order valence-electron chi connectivity index (χ0n) is 17.2. The minimum Gasteiger partial charge on any atom is -0.497 e. The Hall–Kier alpha value is -4.19. The van der Waals surface area contributed by atoms with Gasteiger partial charge in [-0.25, -0.2) is 9.97 Å². The Kier molecular flexibility index (Phi) is 5.89. The van der Waals surface area contributed by atoms with Crippen LogP contribution >= 0.6 is 0 Å². The molecule has 0 radical (unpaired) electrons. The third kappa shape index (κ3) is 5.05. The summed E-state index contributed by atoms with van der Waals surface area (Å²) < 4.78 is 11.0. The Bertz CT molecular complexity index is 1190. The van der Waals surface area contributed by atoms with Gasteiger partial charge >= 0.3 is 0 Å². The van der Waals surface area contributed by atoms with E-state index in [1.54, 1.807) is 37.4 Å². The van der Waals surface area contributed by atoms with Gasteiger partial charge in [-0.2, -0.15) is 0 Å². The van der Waals surface area contributed by atoms with Crippen molar-refractivity contribution in [1.82, 2.24) is 9.97 Å². The summed E-state index contributed by atoms with van der Waals surface area (Å²) in [5.41, 5.74) is 3.87. The zero-order chi connectivity index (χ0) is 21.6. The minimum absolute atomic E-state index is 0.186. The number of nitrogens with zero attached hydrogens (tertiary/aromatic N) is 2. The van der Waals surface area contributed by atoms with E-state index in [0.29, 0.717) is 22.9 Å². The average Bonchev–Trinajstić information content (AvgIpc) is 2.81. The molecule has 1 N–H and O–H groups in total. The number of amides is 1. The molecular formula is C25H21N3O3. The normalized spacial score (nSPS) is 10.4. The lowest BCUT2D eigenvalue weighted by Crippen LogP contribution is -2.11. The first-order valence-electron chi connectivity index (χ1n) is 9.73. The molecule has 3 aromatic carbocycles. The van der Waals surface area contributed by atoms with Crippen molar-refractivity contribution in [2.45, 2.75) is 6.92 Å². The maximum absolute atomic E-state index is 12.7. The predicted molar refractivity (Wildman–Crippen MR) is 120 cm³/mol. The Labute approximate surface area is 180 Å². The molecule has 1 aromatic heterocycles. The number of carbonyl (C=O) groups is 1. The number of hydrogen-bond acceptors (Lipinski definition) is 5. The molecule has 0 saturated carbocycles. The predicted octanol–water partition coefficient (Wildman–Crippen LogP) is 5.51. The third-order valence-corrected chi connectivity index (χ3v) is 4.65. The van der Waals surface area contributed by atoms with Crippen molar-refractivity contribution in [2.24, 2.45) is 0 Å². The van der Waals surface area contributed by atoms with Crippen molar-refractivity contribution in [3.8, 4) is 28.6 Å². The zero-order valence-corrected chi connectivity index (χ0v) is 17.2. The topological polar surface area (TPSA) is 73.3 Å². The Morgan fingerprint density at radius 2 is 1.61 bits per heavy atom. The van der Waals surface area contributed by atoms with Crippen molar-refractivity contribution >= 4 is 11.6 Å². The summed E-state index contributed by atoms with van der Waals surface area (Å²) in [5.74, 6) is 1.60. The minimum atomic E-state index is -0.186. The van der Waals surface area contributed by atoms with Crippen molar-refractivity contribution in [3.63, 3.8) is 0 Å². The third-order valence-electron chi connectivity index (χ3n) is 4.65. The smallest absolute Gasteiger partial charge is 0.255 e. The van der Waals surface area contributed by atoms with E-state index < -0.39 is 0 Å².